The Morgan fingerprint density at radius 2 is 1.82 bits per heavy atom. The van der Waals surface area contributed by atoms with Gasteiger partial charge in [-0.1, -0.05) is 58.0 Å². The maximum atomic E-state index is 13.4. The minimum atomic E-state index is -0.0981. The standard InChI is InChI=1S/C28H40N2O3/c1-6-24-10-7-8-11-25(24)17-29-16-22(5)28(31)30(18-20(2)3)19-23-14-21(4)27-26(15-23)32-12-9-13-33-27/h7-8,10-11,14-15,20,22,29H,6,9,12-13,16-19H2,1-5H3. The second-order valence-corrected chi connectivity index (χ2v) is 9.56. The first kappa shape index (κ1) is 25.1. The van der Waals surface area contributed by atoms with Crippen molar-refractivity contribution in [2.75, 3.05) is 26.3 Å². The van der Waals surface area contributed by atoms with Gasteiger partial charge in [0.2, 0.25) is 5.91 Å². The fourth-order valence-electron chi connectivity index (χ4n) is 4.40. The predicted molar refractivity (Wildman–Crippen MR) is 134 cm³/mol. The van der Waals surface area contributed by atoms with Crippen LogP contribution in [0.5, 0.6) is 11.5 Å². The summed E-state index contributed by atoms with van der Waals surface area (Å²) in [4.78, 5) is 15.4. The molecule has 33 heavy (non-hydrogen) atoms. The van der Waals surface area contributed by atoms with Crippen LogP contribution in [0.2, 0.25) is 0 Å². The van der Waals surface area contributed by atoms with Crippen molar-refractivity contribution in [2.45, 2.75) is 60.5 Å². The summed E-state index contributed by atoms with van der Waals surface area (Å²) in [6, 6.07) is 12.7. The summed E-state index contributed by atoms with van der Waals surface area (Å²) in [7, 11) is 0. The molecule has 180 valence electrons. The number of ether oxygens (including phenoxy) is 2. The van der Waals surface area contributed by atoms with Gasteiger partial charge in [-0.25, -0.2) is 0 Å². The van der Waals surface area contributed by atoms with E-state index < -0.39 is 0 Å². The fraction of sp³-hybridized carbons (Fsp3) is 0.536. The Morgan fingerprint density at radius 3 is 2.55 bits per heavy atom. The maximum Gasteiger partial charge on any atom is 0.226 e. The summed E-state index contributed by atoms with van der Waals surface area (Å²) in [6.45, 7) is 14.7. The number of nitrogens with zero attached hydrogens (tertiary/aromatic N) is 1. The Labute approximate surface area is 199 Å². The minimum Gasteiger partial charge on any atom is -0.490 e. The number of fused-ring (bicyclic) bond motifs is 1. The lowest BCUT2D eigenvalue weighted by atomic mass is 10.0. The topological polar surface area (TPSA) is 50.8 Å². The zero-order valence-electron chi connectivity index (χ0n) is 20.9. The average Bonchev–Trinajstić information content (AvgIpc) is 3.04. The Bertz CT molecular complexity index is 925. The minimum absolute atomic E-state index is 0.0981. The highest BCUT2D eigenvalue weighted by molar-refractivity contribution is 5.78. The molecule has 5 nitrogen and oxygen atoms in total. The molecule has 1 heterocycles. The number of carbonyl (C=O) groups is 1. The summed E-state index contributed by atoms with van der Waals surface area (Å²) in [6.07, 6.45) is 1.90. The number of benzene rings is 2. The second-order valence-electron chi connectivity index (χ2n) is 9.56. The third-order valence-electron chi connectivity index (χ3n) is 6.05. The number of hydrogen-bond acceptors (Lipinski definition) is 4. The van der Waals surface area contributed by atoms with E-state index in [1.807, 2.05) is 24.8 Å². The van der Waals surface area contributed by atoms with Crippen LogP contribution in [0.15, 0.2) is 36.4 Å². The highest BCUT2D eigenvalue weighted by atomic mass is 16.5. The van der Waals surface area contributed by atoms with Crippen molar-refractivity contribution in [2.24, 2.45) is 11.8 Å². The molecule has 2 aromatic carbocycles. The van der Waals surface area contributed by atoms with E-state index in [0.29, 0.717) is 32.2 Å². The van der Waals surface area contributed by atoms with Gasteiger partial charge in [0.1, 0.15) is 0 Å². The lowest BCUT2D eigenvalue weighted by molar-refractivity contribution is -0.136. The lowest BCUT2D eigenvalue weighted by Gasteiger charge is -2.28. The van der Waals surface area contributed by atoms with Gasteiger partial charge < -0.3 is 19.7 Å². The normalized spacial score (nSPS) is 14.1. The third-order valence-corrected chi connectivity index (χ3v) is 6.05. The van der Waals surface area contributed by atoms with E-state index in [9.17, 15) is 4.79 Å². The van der Waals surface area contributed by atoms with Gasteiger partial charge in [0.05, 0.1) is 13.2 Å². The molecule has 1 aliphatic rings. The first-order chi connectivity index (χ1) is 15.9. The second kappa shape index (κ2) is 12.1. The zero-order valence-corrected chi connectivity index (χ0v) is 20.9. The molecule has 0 radical (unpaired) electrons. The number of hydrogen-bond donors (Lipinski definition) is 1. The van der Waals surface area contributed by atoms with Crippen molar-refractivity contribution in [3.63, 3.8) is 0 Å². The molecule has 1 N–H and O–H groups in total. The summed E-state index contributed by atoms with van der Waals surface area (Å²) in [5.41, 5.74) is 4.81. The molecular formula is C28H40N2O3. The Balaban J connectivity index is 1.66. The molecule has 0 saturated heterocycles. The molecule has 0 fully saturated rings. The van der Waals surface area contributed by atoms with Crippen molar-refractivity contribution in [3.05, 3.63) is 58.7 Å². The number of rotatable bonds is 10. The van der Waals surface area contributed by atoms with Gasteiger partial charge in [0, 0.05) is 38.5 Å². The number of nitrogens with one attached hydrogen (secondary N) is 1. The molecule has 1 aliphatic heterocycles. The number of carbonyl (C=O) groups excluding carboxylic acids is 1. The molecule has 1 amide bonds. The van der Waals surface area contributed by atoms with Crippen LogP contribution in [0.3, 0.4) is 0 Å². The van der Waals surface area contributed by atoms with E-state index in [1.165, 1.54) is 11.1 Å². The molecule has 0 spiro atoms. The molecule has 0 aliphatic carbocycles. The first-order valence-electron chi connectivity index (χ1n) is 12.3. The number of amides is 1. The summed E-state index contributed by atoms with van der Waals surface area (Å²) in [5.74, 6) is 2.11. The molecule has 2 aromatic rings. The largest absolute Gasteiger partial charge is 0.490 e. The van der Waals surface area contributed by atoms with Crippen LogP contribution in [0.4, 0.5) is 0 Å². The van der Waals surface area contributed by atoms with Crippen molar-refractivity contribution in [3.8, 4) is 11.5 Å². The van der Waals surface area contributed by atoms with E-state index in [0.717, 1.165) is 48.6 Å². The highest BCUT2D eigenvalue weighted by Gasteiger charge is 2.23. The summed E-state index contributed by atoms with van der Waals surface area (Å²) in [5, 5.41) is 3.50. The van der Waals surface area contributed by atoms with Crippen LogP contribution in [0.25, 0.3) is 0 Å². The van der Waals surface area contributed by atoms with Crippen LogP contribution >= 0.6 is 0 Å². The Kier molecular flexibility index (Phi) is 9.19. The van der Waals surface area contributed by atoms with Gasteiger partial charge in [0.25, 0.3) is 0 Å². The smallest absolute Gasteiger partial charge is 0.226 e. The maximum absolute atomic E-state index is 13.4. The van der Waals surface area contributed by atoms with Crippen LogP contribution < -0.4 is 14.8 Å². The van der Waals surface area contributed by atoms with Gasteiger partial charge in [-0.2, -0.15) is 0 Å². The third kappa shape index (κ3) is 6.97. The van der Waals surface area contributed by atoms with E-state index in [1.54, 1.807) is 0 Å². The summed E-state index contributed by atoms with van der Waals surface area (Å²) < 4.78 is 11.8. The molecule has 1 atom stereocenters. The van der Waals surface area contributed by atoms with Crippen LogP contribution in [-0.2, 0) is 24.3 Å². The number of aryl methyl sites for hydroxylation is 2. The average molecular weight is 453 g/mol. The van der Waals surface area contributed by atoms with Gasteiger partial charge in [-0.3, -0.25) is 4.79 Å². The van der Waals surface area contributed by atoms with Crippen LogP contribution in [0.1, 0.15) is 56.4 Å². The van der Waals surface area contributed by atoms with Crippen LogP contribution in [-0.4, -0.2) is 37.1 Å². The highest BCUT2D eigenvalue weighted by Crippen LogP contribution is 2.34. The van der Waals surface area contributed by atoms with Crippen molar-refractivity contribution in [1.29, 1.82) is 0 Å². The van der Waals surface area contributed by atoms with Gasteiger partial charge in [-0.05, 0) is 47.6 Å². The summed E-state index contributed by atoms with van der Waals surface area (Å²) >= 11 is 0. The molecule has 5 heteroatoms. The van der Waals surface area contributed by atoms with E-state index in [4.69, 9.17) is 9.47 Å². The Morgan fingerprint density at radius 1 is 1.09 bits per heavy atom. The Hall–Kier alpha value is -2.53. The SMILES string of the molecule is CCc1ccccc1CNCC(C)C(=O)N(Cc1cc(C)c2c(c1)OCCCO2)CC(C)C. The van der Waals surface area contributed by atoms with Crippen molar-refractivity contribution >= 4 is 5.91 Å². The molecule has 0 aromatic heterocycles. The van der Waals surface area contributed by atoms with Crippen LogP contribution in [0, 0.1) is 18.8 Å². The lowest BCUT2D eigenvalue weighted by Crippen LogP contribution is -2.40. The van der Waals surface area contributed by atoms with Gasteiger partial charge in [-0.15, -0.1) is 0 Å². The molecule has 1 unspecified atom stereocenters. The monoisotopic (exact) mass is 452 g/mol. The van der Waals surface area contributed by atoms with Crippen molar-refractivity contribution in [1.82, 2.24) is 10.2 Å². The predicted octanol–water partition coefficient (Wildman–Crippen LogP) is 5.13. The van der Waals surface area contributed by atoms with Gasteiger partial charge in [0.15, 0.2) is 11.5 Å². The fourth-order valence-corrected chi connectivity index (χ4v) is 4.40. The first-order valence-corrected chi connectivity index (χ1v) is 12.3. The molecule has 0 bridgehead atoms. The van der Waals surface area contributed by atoms with E-state index in [-0.39, 0.29) is 11.8 Å². The molecule has 3 rings (SSSR count). The zero-order chi connectivity index (χ0) is 23.8. The quantitative estimate of drug-likeness (QED) is 0.543. The molecule has 0 saturated carbocycles. The van der Waals surface area contributed by atoms with E-state index >= 15 is 0 Å². The van der Waals surface area contributed by atoms with E-state index in [2.05, 4.69) is 56.4 Å². The van der Waals surface area contributed by atoms with Crippen molar-refractivity contribution < 1.29 is 14.3 Å². The van der Waals surface area contributed by atoms with Gasteiger partial charge >= 0.3 is 0 Å². The molecular weight excluding hydrogens is 412 g/mol.